The second kappa shape index (κ2) is 12.3. The van der Waals surface area contributed by atoms with Crippen LogP contribution in [0.5, 0.6) is 0 Å². The van der Waals surface area contributed by atoms with Crippen molar-refractivity contribution in [2.75, 3.05) is 0 Å². The van der Waals surface area contributed by atoms with Crippen LogP contribution in [0.1, 0.15) is 60.4 Å². The van der Waals surface area contributed by atoms with Gasteiger partial charge in [0.25, 0.3) is 11.4 Å². The highest BCUT2D eigenvalue weighted by Gasteiger charge is 2.19. The van der Waals surface area contributed by atoms with Gasteiger partial charge in [-0.05, 0) is 71.5 Å². The van der Waals surface area contributed by atoms with Crippen molar-refractivity contribution in [2.24, 2.45) is 0 Å². The monoisotopic (exact) mass is 678 g/mol. The van der Waals surface area contributed by atoms with Gasteiger partial charge in [-0.3, -0.25) is 0 Å². The lowest BCUT2D eigenvalue weighted by Gasteiger charge is -2.02. The van der Waals surface area contributed by atoms with Crippen molar-refractivity contribution < 1.29 is 0 Å². The van der Waals surface area contributed by atoms with Gasteiger partial charge in [0.2, 0.25) is 0 Å². The quantitative estimate of drug-likeness (QED) is 0.125. The van der Waals surface area contributed by atoms with E-state index in [0.717, 1.165) is 9.75 Å². The molecule has 0 aliphatic carbocycles. The van der Waals surface area contributed by atoms with E-state index in [9.17, 15) is 10.5 Å². The maximum absolute atomic E-state index is 9.26. The smallest absolute Gasteiger partial charge is 0.227 e. The van der Waals surface area contributed by atoms with Crippen molar-refractivity contribution in [1.29, 1.82) is 10.5 Å². The molecule has 10 heteroatoms. The molecule has 214 valence electrons. The van der Waals surface area contributed by atoms with Crippen LogP contribution >= 0.6 is 68.0 Å². The first kappa shape index (κ1) is 30.2. The minimum Gasteiger partial charge on any atom is -0.227 e. The number of fused-ring (bicyclic) bond motifs is 2. The summed E-state index contributed by atoms with van der Waals surface area (Å²) in [6, 6.07) is 17.5. The van der Waals surface area contributed by atoms with Gasteiger partial charge >= 0.3 is 0 Å². The van der Waals surface area contributed by atoms with Crippen LogP contribution in [-0.2, 0) is 0 Å². The van der Waals surface area contributed by atoms with E-state index < -0.39 is 0 Å². The third-order valence-electron chi connectivity index (χ3n) is 6.97. The van der Waals surface area contributed by atoms with E-state index in [1.807, 2.05) is 34.8 Å². The zero-order valence-corrected chi connectivity index (χ0v) is 28.9. The van der Waals surface area contributed by atoms with Gasteiger partial charge < -0.3 is 0 Å². The summed E-state index contributed by atoms with van der Waals surface area (Å²) in [6.45, 7) is 23.1. The van der Waals surface area contributed by atoms with E-state index in [1.165, 1.54) is 59.2 Å². The number of nitrogens with zero attached hydrogens (tertiary/aromatic N) is 4. The molecule has 6 aromatic rings. The molecular formula is C34H22N4S6. The van der Waals surface area contributed by atoms with E-state index in [-0.39, 0.29) is 11.4 Å². The van der Waals surface area contributed by atoms with Gasteiger partial charge in [-0.2, -0.15) is 0 Å². The molecule has 0 aliphatic rings. The van der Waals surface area contributed by atoms with Gasteiger partial charge in [0.05, 0.1) is 25.3 Å². The summed E-state index contributed by atoms with van der Waals surface area (Å²) in [5.74, 6) is 0.602. The highest BCUT2D eigenvalue weighted by atomic mass is 32.1. The maximum atomic E-state index is 9.26. The SMILES string of the molecule is [C-]#[N+]/C(C#N)=C\c1sc(-c2cc3sc(-c4cc5sc(-c6cc(C(C)C)c(/C=C(\C#N)[N+]#[C-])s6)cc5s4)cc3s2)cc1C(C)C. The van der Waals surface area contributed by atoms with Crippen LogP contribution in [0.25, 0.3) is 69.9 Å². The number of allylic oxidation sites excluding steroid dienone is 2. The Kier molecular flexibility index (Phi) is 8.42. The highest BCUT2D eigenvalue weighted by molar-refractivity contribution is 7.36. The van der Waals surface area contributed by atoms with Gasteiger partial charge in [-0.1, -0.05) is 27.7 Å². The van der Waals surface area contributed by atoms with Crippen molar-refractivity contribution in [3.05, 3.63) is 91.5 Å². The lowest BCUT2D eigenvalue weighted by atomic mass is 10.0. The molecule has 0 saturated carbocycles. The fraction of sp³-hybridized carbons (Fsp3) is 0.176. The van der Waals surface area contributed by atoms with Gasteiger partial charge in [-0.25, -0.2) is 20.2 Å². The molecule has 4 nitrogen and oxygen atoms in total. The fourth-order valence-corrected chi connectivity index (χ4v) is 12.3. The molecule has 6 aromatic heterocycles. The van der Waals surface area contributed by atoms with Gasteiger partial charge in [0.15, 0.2) is 0 Å². The molecule has 0 unspecified atom stereocenters. The number of hydrogen-bond donors (Lipinski definition) is 0. The van der Waals surface area contributed by atoms with E-state index in [0.29, 0.717) is 11.8 Å². The average molecular weight is 679 g/mol. The fourth-order valence-electron chi connectivity index (χ4n) is 4.79. The Morgan fingerprint density at radius 2 is 0.864 bits per heavy atom. The van der Waals surface area contributed by atoms with Crippen LogP contribution in [0.4, 0.5) is 0 Å². The maximum Gasteiger partial charge on any atom is 0.263 e. The van der Waals surface area contributed by atoms with Crippen LogP contribution in [0.3, 0.4) is 0 Å². The third kappa shape index (κ3) is 5.70. The van der Waals surface area contributed by atoms with Crippen molar-refractivity contribution in [3.63, 3.8) is 0 Å². The number of thiophene rings is 6. The van der Waals surface area contributed by atoms with Crippen LogP contribution in [0.15, 0.2) is 47.8 Å². The van der Waals surface area contributed by atoms with Crippen molar-refractivity contribution in [2.45, 2.75) is 39.5 Å². The second-order valence-corrected chi connectivity index (χ2v) is 17.1. The van der Waals surface area contributed by atoms with Crippen LogP contribution < -0.4 is 0 Å². The molecule has 0 fully saturated rings. The number of nitriles is 2. The highest BCUT2D eigenvalue weighted by Crippen LogP contribution is 2.49. The molecule has 6 rings (SSSR count). The molecule has 0 radical (unpaired) electrons. The Balaban J connectivity index is 1.29. The summed E-state index contributed by atoms with van der Waals surface area (Å²) in [6.07, 6.45) is 3.44. The largest absolute Gasteiger partial charge is 0.263 e. The van der Waals surface area contributed by atoms with E-state index >= 15 is 0 Å². The Hall–Kier alpha value is -3.84. The summed E-state index contributed by atoms with van der Waals surface area (Å²) >= 11 is 10.5. The zero-order chi connectivity index (χ0) is 31.1. The van der Waals surface area contributed by atoms with Crippen LogP contribution in [-0.4, -0.2) is 0 Å². The molecule has 0 atom stereocenters. The zero-order valence-electron chi connectivity index (χ0n) is 24.0. The van der Waals surface area contributed by atoms with Crippen LogP contribution in [0, 0.1) is 35.8 Å². The van der Waals surface area contributed by atoms with E-state index in [1.54, 1.807) is 57.5 Å². The molecule has 0 saturated heterocycles. The average Bonchev–Trinajstić information content (AvgIpc) is 3.82. The number of hydrogen-bond acceptors (Lipinski definition) is 8. The molecule has 0 aromatic carbocycles. The first-order chi connectivity index (χ1) is 21.2. The first-order valence-electron chi connectivity index (χ1n) is 13.5. The van der Waals surface area contributed by atoms with Crippen molar-refractivity contribution in [1.82, 2.24) is 0 Å². The molecule has 0 amide bonds. The molecule has 6 heterocycles. The molecule has 44 heavy (non-hydrogen) atoms. The predicted octanol–water partition coefficient (Wildman–Crippen LogP) is 13.2. The molecule has 0 N–H and O–H groups in total. The lowest BCUT2D eigenvalue weighted by molar-refractivity contribution is 0.870. The second-order valence-electron chi connectivity index (χ2n) is 10.6. The minimum atomic E-state index is 0.114. The third-order valence-corrected chi connectivity index (χ3v) is 14.3. The van der Waals surface area contributed by atoms with Crippen LogP contribution in [0.2, 0.25) is 0 Å². The molecule has 0 aliphatic heterocycles. The Labute approximate surface area is 280 Å². The molecule has 0 spiro atoms. The minimum absolute atomic E-state index is 0.114. The topological polar surface area (TPSA) is 56.3 Å². The number of rotatable bonds is 7. The summed E-state index contributed by atoms with van der Waals surface area (Å²) in [4.78, 5) is 16.0. The summed E-state index contributed by atoms with van der Waals surface area (Å²) in [7, 11) is 0. The predicted molar refractivity (Wildman–Crippen MR) is 194 cm³/mol. The van der Waals surface area contributed by atoms with Gasteiger partial charge in [-0.15, -0.1) is 68.0 Å². The van der Waals surface area contributed by atoms with Gasteiger partial charge in [0, 0.05) is 57.8 Å². The lowest BCUT2D eigenvalue weighted by Crippen LogP contribution is -1.85. The first-order valence-corrected chi connectivity index (χ1v) is 18.4. The van der Waals surface area contributed by atoms with Crippen molar-refractivity contribution >= 4 is 99.0 Å². The Bertz CT molecular complexity index is 2040. The van der Waals surface area contributed by atoms with E-state index in [2.05, 4.69) is 73.8 Å². The Morgan fingerprint density at radius 1 is 0.568 bits per heavy atom. The summed E-state index contributed by atoms with van der Waals surface area (Å²) in [5.41, 5.74) is 2.57. The van der Waals surface area contributed by atoms with Crippen molar-refractivity contribution in [3.8, 4) is 41.4 Å². The standard InChI is InChI=1S/C34H22N4S6/c1-17(2)21-9-25(39-23(21)7-19(15-35)37-5)27-11-29-31(41-27)13-33(43-29)34-14-32-30(44-34)12-28(42-32)26-10-22(18(3)4)24(40-26)8-20(16-36)38-6/h7-14,17-18H,1-4H3/b19-7-,20-8+. The molecule has 0 bridgehead atoms. The Morgan fingerprint density at radius 3 is 1.11 bits per heavy atom. The summed E-state index contributed by atoms with van der Waals surface area (Å²) in [5, 5.41) is 18.5. The van der Waals surface area contributed by atoms with Gasteiger partial charge in [0.1, 0.15) is 0 Å². The molecular weight excluding hydrogens is 657 g/mol. The van der Waals surface area contributed by atoms with E-state index in [4.69, 9.17) is 13.1 Å². The summed E-state index contributed by atoms with van der Waals surface area (Å²) < 4.78 is 5.07. The normalized spacial score (nSPS) is 12.2.